The Labute approximate surface area is 104 Å². The zero-order chi connectivity index (χ0) is 13.5. The molecule has 98 valence electrons. The average molecular weight is 254 g/mol. The van der Waals surface area contributed by atoms with Crippen molar-refractivity contribution >= 4 is 11.8 Å². The molecule has 0 heterocycles. The maximum atomic E-state index is 13.4. The maximum absolute atomic E-state index is 13.4. The first-order valence-electron chi connectivity index (χ1n) is 5.35. The lowest BCUT2D eigenvalue weighted by Gasteiger charge is -2.15. The monoisotopic (exact) mass is 254 g/mol. The van der Waals surface area contributed by atoms with Crippen molar-refractivity contribution in [3.05, 3.63) is 35.6 Å². The molecule has 0 unspecified atom stereocenters. The smallest absolute Gasteiger partial charge is 0.246 e. The highest BCUT2D eigenvalue weighted by Crippen LogP contribution is 2.09. The topological polar surface area (TPSA) is 81.4 Å². The van der Waals surface area contributed by atoms with E-state index in [0.29, 0.717) is 5.56 Å². The minimum Gasteiger partial charge on any atom is -0.375 e. The molecule has 0 radical (unpaired) electrons. The molecule has 6 heteroatoms. The van der Waals surface area contributed by atoms with Crippen LogP contribution in [-0.2, 0) is 20.7 Å². The van der Waals surface area contributed by atoms with Gasteiger partial charge in [0.05, 0.1) is 0 Å². The number of nitrogens with one attached hydrogen (secondary N) is 1. The number of hydrogen-bond acceptors (Lipinski definition) is 3. The Morgan fingerprint density at radius 3 is 2.67 bits per heavy atom. The molecule has 2 amide bonds. The predicted octanol–water partition coefficient (Wildman–Crippen LogP) is -0.0153. The molecule has 0 saturated heterocycles. The number of rotatable bonds is 6. The molecule has 0 aliphatic carbocycles. The summed E-state index contributed by atoms with van der Waals surface area (Å²) in [6, 6.07) is 5.05. The number of halogens is 1. The number of carbonyl (C=O) groups is 2. The molecular formula is C12H15FN2O3. The Balaban J connectivity index is 2.72. The first kappa shape index (κ1) is 14.1. The lowest BCUT2D eigenvalue weighted by Crippen LogP contribution is -2.47. The van der Waals surface area contributed by atoms with E-state index in [9.17, 15) is 14.0 Å². The number of carbonyl (C=O) groups excluding carboxylic acids is 2. The van der Waals surface area contributed by atoms with E-state index in [1.807, 2.05) is 0 Å². The Bertz CT molecular complexity index is 437. The lowest BCUT2D eigenvalue weighted by molar-refractivity contribution is -0.129. The van der Waals surface area contributed by atoms with E-state index in [1.54, 1.807) is 12.1 Å². The molecular weight excluding hydrogens is 239 g/mol. The molecule has 0 aliphatic heterocycles. The predicted molar refractivity (Wildman–Crippen MR) is 63.1 cm³/mol. The lowest BCUT2D eigenvalue weighted by atomic mass is 10.0. The van der Waals surface area contributed by atoms with Gasteiger partial charge in [0.2, 0.25) is 11.8 Å². The number of amides is 2. The van der Waals surface area contributed by atoms with Crippen molar-refractivity contribution in [2.45, 2.75) is 12.5 Å². The largest absolute Gasteiger partial charge is 0.375 e. The third-order valence-electron chi connectivity index (χ3n) is 2.34. The summed E-state index contributed by atoms with van der Waals surface area (Å²) < 4.78 is 18.0. The van der Waals surface area contributed by atoms with Gasteiger partial charge in [0.15, 0.2) is 0 Å². The Morgan fingerprint density at radius 1 is 1.44 bits per heavy atom. The van der Waals surface area contributed by atoms with Gasteiger partial charge in [-0.05, 0) is 11.6 Å². The second-order valence-corrected chi connectivity index (χ2v) is 3.75. The van der Waals surface area contributed by atoms with Crippen LogP contribution >= 0.6 is 0 Å². The summed E-state index contributed by atoms with van der Waals surface area (Å²) in [7, 11) is 1.36. The number of hydrogen-bond donors (Lipinski definition) is 2. The first-order chi connectivity index (χ1) is 8.54. The fourth-order valence-electron chi connectivity index (χ4n) is 1.47. The molecule has 1 atom stereocenters. The molecule has 0 aromatic heterocycles. The molecule has 0 saturated carbocycles. The molecule has 0 aliphatic rings. The summed E-state index contributed by atoms with van der Waals surface area (Å²) >= 11 is 0. The van der Waals surface area contributed by atoms with Crippen LogP contribution < -0.4 is 11.1 Å². The molecule has 5 nitrogen and oxygen atoms in total. The van der Waals surface area contributed by atoms with Crippen molar-refractivity contribution < 1.29 is 18.7 Å². The van der Waals surface area contributed by atoms with Gasteiger partial charge in [-0.1, -0.05) is 18.2 Å². The Kier molecular flexibility index (Phi) is 5.26. The van der Waals surface area contributed by atoms with Crippen molar-refractivity contribution in [1.82, 2.24) is 5.32 Å². The molecule has 1 aromatic carbocycles. The number of primary amides is 1. The van der Waals surface area contributed by atoms with Crippen molar-refractivity contribution in [2.75, 3.05) is 13.7 Å². The second kappa shape index (κ2) is 6.70. The zero-order valence-electron chi connectivity index (χ0n) is 9.98. The Morgan fingerprint density at radius 2 is 2.11 bits per heavy atom. The van der Waals surface area contributed by atoms with E-state index in [4.69, 9.17) is 5.73 Å². The van der Waals surface area contributed by atoms with Gasteiger partial charge in [0.25, 0.3) is 0 Å². The molecule has 0 bridgehead atoms. The van der Waals surface area contributed by atoms with Crippen molar-refractivity contribution in [3.63, 3.8) is 0 Å². The van der Waals surface area contributed by atoms with Gasteiger partial charge in [-0.25, -0.2) is 4.39 Å². The third kappa shape index (κ3) is 4.14. The van der Waals surface area contributed by atoms with Crippen LogP contribution in [0.1, 0.15) is 5.56 Å². The van der Waals surface area contributed by atoms with Gasteiger partial charge < -0.3 is 15.8 Å². The highest BCUT2D eigenvalue weighted by molar-refractivity contribution is 5.87. The molecule has 3 N–H and O–H groups in total. The van der Waals surface area contributed by atoms with Crippen LogP contribution in [0, 0.1) is 5.82 Å². The third-order valence-corrected chi connectivity index (χ3v) is 2.34. The van der Waals surface area contributed by atoms with E-state index < -0.39 is 23.7 Å². The van der Waals surface area contributed by atoms with Gasteiger partial charge in [-0.2, -0.15) is 0 Å². The van der Waals surface area contributed by atoms with Crippen molar-refractivity contribution in [1.29, 1.82) is 0 Å². The minimum absolute atomic E-state index is 0.0114. The fraction of sp³-hybridized carbons (Fsp3) is 0.333. The van der Waals surface area contributed by atoms with E-state index in [-0.39, 0.29) is 13.0 Å². The highest BCUT2D eigenvalue weighted by atomic mass is 19.1. The molecule has 0 spiro atoms. The minimum atomic E-state index is -0.954. The number of nitrogens with two attached hydrogens (primary N) is 1. The summed E-state index contributed by atoms with van der Waals surface area (Å²) in [5, 5.41) is 2.39. The fourth-order valence-corrected chi connectivity index (χ4v) is 1.47. The van der Waals surface area contributed by atoms with Gasteiger partial charge in [-0.3, -0.25) is 9.59 Å². The quantitative estimate of drug-likeness (QED) is 0.748. The number of benzene rings is 1. The van der Waals surface area contributed by atoms with Gasteiger partial charge >= 0.3 is 0 Å². The van der Waals surface area contributed by atoms with E-state index in [0.717, 1.165) is 0 Å². The number of ether oxygens (including phenoxy) is 1. The maximum Gasteiger partial charge on any atom is 0.246 e. The van der Waals surface area contributed by atoms with Crippen LogP contribution in [0.15, 0.2) is 24.3 Å². The standard InChI is InChI=1S/C12H15FN2O3/c1-18-7-11(16)15-10(12(14)17)6-8-4-2-3-5-9(8)13/h2-5,10H,6-7H2,1H3,(H2,14,17)(H,15,16)/t10-/m1/s1. The molecule has 0 fully saturated rings. The first-order valence-corrected chi connectivity index (χ1v) is 5.35. The number of methoxy groups -OCH3 is 1. The summed E-state index contributed by atoms with van der Waals surface area (Å²) in [4.78, 5) is 22.5. The molecule has 18 heavy (non-hydrogen) atoms. The second-order valence-electron chi connectivity index (χ2n) is 3.75. The normalized spacial score (nSPS) is 11.9. The van der Waals surface area contributed by atoms with E-state index in [2.05, 4.69) is 10.1 Å². The van der Waals surface area contributed by atoms with E-state index in [1.165, 1.54) is 19.2 Å². The summed E-state index contributed by atoms with van der Waals surface area (Å²) in [5.41, 5.74) is 5.48. The van der Waals surface area contributed by atoms with Gasteiger partial charge in [0, 0.05) is 13.5 Å². The average Bonchev–Trinajstić information content (AvgIpc) is 2.31. The van der Waals surface area contributed by atoms with Crippen LogP contribution in [0.25, 0.3) is 0 Å². The summed E-state index contributed by atoms with van der Waals surface area (Å²) in [6.07, 6.45) is 0.0114. The van der Waals surface area contributed by atoms with Crippen molar-refractivity contribution in [3.8, 4) is 0 Å². The summed E-state index contributed by atoms with van der Waals surface area (Å²) in [6.45, 7) is -0.180. The highest BCUT2D eigenvalue weighted by Gasteiger charge is 2.19. The van der Waals surface area contributed by atoms with E-state index >= 15 is 0 Å². The van der Waals surface area contributed by atoms with Gasteiger partial charge in [0.1, 0.15) is 18.5 Å². The molecule has 1 aromatic rings. The van der Waals surface area contributed by atoms with Crippen LogP contribution in [0.2, 0.25) is 0 Å². The van der Waals surface area contributed by atoms with Crippen molar-refractivity contribution in [2.24, 2.45) is 5.73 Å². The summed E-state index contributed by atoms with van der Waals surface area (Å²) in [5.74, 6) is -1.63. The van der Waals surface area contributed by atoms with Crippen LogP contribution in [0.3, 0.4) is 0 Å². The van der Waals surface area contributed by atoms with Gasteiger partial charge in [-0.15, -0.1) is 0 Å². The SMILES string of the molecule is COCC(=O)N[C@H](Cc1ccccc1F)C(N)=O. The van der Waals surface area contributed by atoms with Crippen LogP contribution in [0.4, 0.5) is 4.39 Å². The Hall–Kier alpha value is -1.95. The zero-order valence-corrected chi connectivity index (χ0v) is 9.98. The van der Waals surface area contributed by atoms with Crippen LogP contribution in [-0.4, -0.2) is 31.6 Å². The molecule has 1 rings (SSSR count). The van der Waals surface area contributed by atoms with Crippen LogP contribution in [0.5, 0.6) is 0 Å².